The largest absolute Gasteiger partial charge is 0.310 e. The van der Waals surface area contributed by atoms with Gasteiger partial charge in [-0.05, 0) is 23.6 Å². The second kappa shape index (κ2) is 7.12. The van der Waals surface area contributed by atoms with Gasteiger partial charge in [0.25, 0.3) is 5.91 Å². The van der Waals surface area contributed by atoms with Crippen LogP contribution in [0.3, 0.4) is 0 Å². The van der Waals surface area contributed by atoms with Gasteiger partial charge in [-0.1, -0.05) is 12.1 Å². The summed E-state index contributed by atoms with van der Waals surface area (Å²) >= 11 is 2.65. The van der Waals surface area contributed by atoms with E-state index < -0.39 is 0 Å². The molecule has 3 aromatic rings. The summed E-state index contributed by atoms with van der Waals surface area (Å²) in [7, 11) is 0. The fraction of sp³-hybridized carbons (Fsp3) is 0.0667. The average molecular weight is 344 g/mol. The van der Waals surface area contributed by atoms with Crippen molar-refractivity contribution in [2.75, 3.05) is 10.6 Å². The zero-order valence-electron chi connectivity index (χ0n) is 11.9. The van der Waals surface area contributed by atoms with Gasteiger partial charge in [-0.3, -0.25) is 14.9 Å². The van der Waals surface area contributed by atoms with E-state index in [1.165, 1.54) is 22.7 Å². The first-order valence-corrected chi connectivity index (χ1v) is 8.47. The van der Waals surface area contributed by atoms with Gasteiger partial charge in [0.1, 0.15) is 5.82 Å². The predicted molar refractivity (Wildman–Crippen MR) is 91.0 cm³/mol. The highest BCUT2D eigenvalue weighted by Gasteiger charge is 2.12. The molecule has 0 saturated heterocycles. The minimum Gasteiger partial charge on any atom is -0.310 e. The summed E-state index contributed by atoms with van der Waals surface area (Å²) in [5.41, 5.74) is 0.602. The second-order valence-electron chi connectivity index (χ2n) is 4.52. The number of nitrogens with zero attached hydrogens (tertiary/aromatic N) is 2. The fourth-order valence-corrected chi connectivity index (χ4v) is 3.12. The molecule has 0 spiro atoms. The van der Waals surface area contributed by atoms with Gasteiger partial charge in [0.05, 0.1) is 17.0 Å². The van der Waals surface area contributed by atoms with E-state index in [0.717, 1.165) is 0 Å². The molecule has 23 heavy (non-hydrogen) atoms. The van der Waals surface area contributed by atoms with E-state index in [1.54, 1.807) is 35.8 Å². The summed E-state index contributed by atoms with van der Waals surface area (Å²) in [4.78, 5) is 32.8. The van der Waals surface area contributed by atoms with Crippen molar-refractivity contribution in [3.63, 3.8) is 0 Å². The monoisotopic (exact) mass is 344 g/mol. The maximum Gasteiger partial charge on any atom is 0.267 e. The van der Waals surface area contributed by atoms with E-state index in [-0.39, 0.29) is 18.2 Å². The Morgan fingerprint density at radius 2 is 2.00 bits per heavy atom. The smallest absolute Gasteiger partial charge is 0.267 e. The van der Waals surface area contributed by atoms with Gasteiger partial charge in [-0.15, -0.1) is 22.7 Å². The number of nitrogens with one attached hydrogen (secondary N) is 2. The van der Waals surface area contributed by atoms with Gasteiger partial charge in [0, 0.05) is 11.6 Å². The number of aromatic nitrogens is 2. The fourth-order valence-electron chi connectivity index (χ4n) is 1.80. The van der Waals surface area contributed by atoms with Crippen molar-refractivity contribution in [2.24, 2.45) is 0 Å². The van der Waals surface area contributed by atoms with Crippen LogP contribution in [0.15, 0.2) is 47.3 Å². The highest BCUT2D eigenvalue weighted by molar-refractivity contribution is 7.14. The molecule has 3 aromatic heterocycles. The number of pyridine rings is 1. The summed E-state index contributed by atoms with van der Waals surface area (Å²) in [5, 5.41) is 9.48. The molecule has 0 aromatic carbocycles. The Hall–Kier alpha value is -2.58. The van der Waals surface area contributed by atoms with E-state index in [1.807, 2.05) is 11.4 Å². The van der Waals surface area contributed by atoms with Crippen LogP contribution >= 0.6 is 22.7 Å². The maximum atomic E-state index is 11.9. The molecule has 2 N–H and O–H groups in total. The first-order chi connectivity index (χ1) is 11.2. The van der Waals surface area contributed by atoms with Gasteiger partial charge in [-0.25, -0.2) is 9.97 Å². The number of hydrogen-bond donors (Lipinski definition) is 2. The van der Waals surface area contributed by atoms with Crippen molar-refractivity contribution in [1.82, 2.24) is 9.97 Å². The summed E-state index contributed by atoms with van der Waals surface area (Å²) in [6.07, 6.45) is 1.73. The van der Waals surface area contributed by atoms with Crippen molar-refractivity contribution < 1.29 is 9.59 Å². The lowest BCUT2D eigenvalue weighted by Crippen LogP contribution is -2.15. The Labute approximate surface area is 140 Å². The molecule has 0 aliphatic heterocycles. The zero-order chi connectivity index (χ0) is 16.1. The molecule has 8 heteroatoms. The van der Waals surface area contributed by atoms with Crippen molar-refractivity contribution in [3.05, 3.63) is 57.9 Å². The Morgan fingerprint density at radius 1 is 1.09 bits per heavy atom. The molecule has 0 aliphatic carbocycles. The standard InChI is InChI=1S/C15H12N4O2S2/c20-13(18-12-5-1-2-6-16-12)8-10-9-23-15(17-10)19-14(21)11-4-3-7-22-11/h1-7,9H,8H2,(H,16,18,20)(H,17,19,21). The van der Waals surface area contributed by atoms with Crippen LogP contribution in [0.4, 0.5) is 10.9 Å². The number of carbonyl (C=O) groups excluding carboxylic acids is 2. The summed E-state index contributed by atoms with van der Waals surface area (Å²) in [6, 6.07) is 8.84. The SMILES string of the molecule is O=C(Cc1csc(NC(=O)c2cccs2)n1)Nc1ccccn1. The van der Waals surface area contributed by atoms with E-state index in [2.05, 4.69) is 20.6 Å². The van der Waals surface area contributed by atoms with Crippen LogP contribution in [0.1, 0.15) is 15.4 Å². The number of amides is 2. The number of rotatable bonds is 5. The van der Waals surface area contributed by atoms with Crippen molar-refractivity contribution in [3.8, 4) is 0 Å². The molecule has 6 nitrogen and oxygen atoms in total. The highest BCUT2D eigenvalue weighted by Crippen LogP contribution is 2.18. The molecule has 0 bridgehead atoms. The topological polar surface area (TPSA) is 84.0 Å². The maximum absolute atomic E-state index is 11.9. The van der Waals surface area contributed by atoms with Crippen molar-refractivity contribution >= 4 is 45.4 Å². The van der Waals surface area contributed by atoms with E-state index in [4.69, 9.17) is 0 Å². The Balaban J connectivity index is 1.57. The molecule has 0 fully saturated rings. The van der Waals surface area contributed by atoms with Crippen LogP contribution in [0.5, 0.6) is 0 Å². The first kappa shape index (κ1) is 15.3. The van der Waals surface area contributed by atoms with Crippen LogP contribution in [0.2, 0.25) is 0 Å². The lowest BCUT2D eigenvalue weighted by atomic mass is 10.3. The molecule has 116 valence electrons. The van der Waals surface area contributed by atoms with E-state index >= 15 is 0 Å². The number of anilines is 2. The summed E-state index contributed by atoms with van der Waals surface area (Å²) < 4.78 is 0. The van der Waals surface area contributed by atoms with Gasteiger partial charge >= 0.3 is 0 Å². The van der Waals surface area contributed by atoms with Crippen LogP contribution in [-0.4, -0.2) is 21.8 Å². The number of carbonyl (C=O) groups is 2. The minimum absolute atomic E-state index is 0.127. The Kier molecular flexibility index (Phi) is 4.74. The summed E-state index contributed by atoms with van der Waals surface area (Å²) in [5.74, 6) is 0.0999. The van der Waals surface area contributed by atoms with Crippen molar-refractivity contribution in [1.29, 1.82) is 0 Å². The predicted octanol–water partition coefficient (Wildman–Crippen LogP) is 3.03. The molecule has 0 atom stereocenters. The number of hydrogen-bond acceptors (Lipinski definition) is 6. The highest BCUT2D eigenvalue weighted by atomic mass is 32.1. The van der Waals surface area contributed by atoms with Crippen LogP contribution in [-0.2, 0) is 11.2 Å². The quantitative estimate of drug-likeness (QED) is 0.745. The van der Waals surface area contributed by atoms with Crippen LogP contribution in [0.25, 0.3) is 0 Å². The Bertz CT molecular complexity index is 800. The van der Waals surface area contributed by atoms with Crippen LogP contribution < -0.4 is 10.6 Å². The third-order valence-corrected chi connectivity index (χ3v) is 4.47. The van der Waals surface area contributed by atoms with E-state index in [0.29, 0.717) is 21.5 Å². The average Bonchev–Trinajstić information content (AvgIpc) is 3.20. The van der Waals surface area contributed by atoms with Gasteiger partial charge < -0.3 is 5.32 Å². The number of thiazole rings is 1. The third-order valence-electron chi connectivity index (χ3n) is 2.79. The van der Waals surface area contributed by atoms with Gasteiger partial charge in [-0.2, -0.15) is 0 Å². The van der Waals surface area contributed by atoms with E-state index in [9.17, 15) is 9.59 Å². The second-order valence-corrected chi connectivity index (χ2v) is 6.32. The number of thiophene rings is 1. The Morgan fingerprint density at radius 3 is 2.74 bits per heavy atom. The molecule has 0 saturated carbocycles. The molecule has 0 radical (unpaired) electrons. The molecular formula is C15H12N4O2S2. The van der Waals surface area contributed by atoms with Crippen molar-refractivity contribution in [2.45, 2.75) is 6.42 Å². The molecule has 3 heterocycles. The molecule has 0 unspecified atom stereocenters. The lowest BCUT2D eigenvalue weighted by Gasteiger charge is -2.02. The zero-order valence-corrected chi connectivity index (χ0v) is 13.5. The van der Waals surface area contributed by atoms with Gasteiger partial charge in [0.15, 0.2) is 5.13 Å². The molecular weight excluding hydrogens is 332 g/mol. The lowest BCUT2D eigenvalue weighted by molar-refractivity contribution is -0.115. The normalized spacial score (nSPS) is 10.3. The van der Waals surface area contributed by atoms with Gasteiger partial charge in [0.2, 0.25) is 5.91 Å². The van der Waals surface area contributed by atoms with Crippen LogP contribution in [0, 0.1) is 0 Å². The molecule has 2 amide bonds. The summed E-state index contributed by atoms with van der Waals surface area (Å²) in [6.45, 7) is 0. The third kappa shape index (κ3) is 4.21. The molecule has 3 rings (SSSR count). The molecule has 0 aliphatic rings. The minimum atomic E-state index is -0.204. The first-order valence-electron chi connectivity index (χ1n) is 6.71.